The summed E-state index contributed by atoms with van der Waals surface area (Å²) in [4.78, 5) is 26.5. The molecular formula is C16H29IN6O2S. The number of likely N-dealkylation sites (N-methyl/N-ethyl adjacent to an activating group) is 1. The SMILES string of the molecule is CN(CCN=C(N)N1CCN(c2nccs2)CC1)C(=O)OC(C)(C)C.I. The quantitative estimate of drug-likeness (QED) is 0.390. The summed E-state index contributed by atoms with van der Waals surface area (Å²) in [5, 5.41) is 3.03. The highest BCUT2D eigenvalue weighted by atomic mass is 127. The normalized spacial score (nSPS) is 15.5. The van der Waals surface area contributed by atoms with Crippen LogP contribution in [0.25, 0.3) is 0 Å². The van der Waals surface area contributed by atoms with Crippen molar-refractivity contribution in [1.29, 1.82) is 0 Å². The maximum Gasteiger partial charge on any atom is 0.410 e. The Kier molecular flexibility index (Phi) is 8.87. The lowest BCUT2D eigenvalue weighted by atomic mass is 10.2. The van der Waals surface area contributed by atoms with E-state index in [9.17, 15) is 4.79 Å². The number of ether oxygens (including phenoxy) is 1. The summed E-state index contributed by atoms with van der Waals surface area (Å²) >= 11 is 1.65. The van der Waals surface area contributed by atoms with E-state index >= 15 is 0 Å². The Bertz CT molecular complexity index is 582. The summed E-state index contributed by atoms with van der Waals surface area (Å²) in [5.41, 5.74) is 5.59. The number of hydrogen-bond donors (Lipinski definition) is 1. The molecule has 0 atom stereocenters. The van der Waals surface area contributed by atoms with Crippen molar-refractivity contribution in [3.63, 3.8) is 0 Å². The number of piperazine rings is 1. The zero-order valence-corrected chi connectivity index (χ0v) is 19.0. The number of thiazole rings is 1. The summed E-state index contributed by atoms with van der Waals surface area (Å²) in [6.45, 7) is 9.85. The fraction of sp³-hybridized carbons (Fsp3) is 0.688. The Morgan fingerprint density at radius 3 is 2.58 bits per heavy atom. The van der Waals surface area contributed by atoms with Crippen LogP contribution in [0.5, 0.6) is 0 Å². The van der Waals surface area contributed by atoms with Gasteiger partial charge in [-0.05, 0) is 20.8 Å². The molecule has 0 saturated carbocycles. The second kappa shape index (κ2) is 10.1. The van der Waals surface area contributed by atoms with Crippen molar-refractivity contribution in [2.75, 3.05) is 51.2 Å². The van der Waals surface area contributed by atoms with Gasteiger partial charge in [-0.25, -0.2) is 9.78 Å². The third-order valence-corrected chi connectivity index (χ3v) is 4.54. The van der Waals surface area contributed by atoms with Crippen LogP contribution in [0.1, 0.15) is 20.8 Å². The first-order valence-electron chi connectivity index (χ1n) is 8.40. The minimum atomic E-state index is -0.495. The highest BCUT2D eigenvalue weighted by molar-refractivity contribution is 14.0. The van der Waals surface area contributed by atoms with Crippen molar-refractivity contribution in [2.45, 2.75) is 26.4 Å². The van der Waals surface area contributed by atoms with Crippen LogP contribution in [0.3, 0.4) is 0 Å². The fourth-order valence-corrected chi connectivity index (χ4v) is 3.04. The predicted octanol–water partition coefficient (Wildman–Crippen LogP) is 2.06. The van der Waals surface area contributed by atoms with E-state index in [1.807, 2.05) is 32.3 Å². The first-order chi connectivity index (χ1) is 11.8. The number of carbonyl (C=O) groups excluding carboxylic acids is 1. The van der Waals surface area contributed by atoms with Gasteiger partial charge in [0.05, 0.1) is 6.54 Å². The zero-order chi connectivity index (χ0) is 18.4. The van der Waals surface area contributed by atoms with E-state index in [4.69, 9.17) is 10.5 Å². The van der Waals surface area contributed by atoms with Gasteiger partial charge in [-0.15, -0.1) is 35.3 Å². The average molecular weight is 496 g/mol. The van der Waals surface area contributed by atoms with E-state index in [1.54, 1.807) is 18.4 Å². The van der Waals surface area contributed by atoms with Crippen LogP contribution in [0, 0.1) is 0 Å². The Labute approximate surface area is 176 Å². The fourth-order valence-electron chi connectivity index (χ4n) is 2.34. The summed E-state index contributed by atoms with van der Waals surface area (Å²) in [7, 11) is 1.70. The van der Waals surface area contributed by atoms with E-state index in [0.717, 1.165) is 31.3 Å². The zero-order valence-electron chi connectivity index (χ0n) is 15.8. The number of amides is 1. The minimum absolute atomic E-state index is 0. The molecule has 0 bridgehead atoms. The highest BCUT2D eigenvalue weighted by Crippen LogP contribution is 2.18. The lowest BCUT2D eigenvalue weighted by molar-refractivity contribution is 0.0304. The maximum absolute atomic E-state index is 11.9. The molecule has 2 N–H and O–H groups in total. The highest BCUT2D eigenvalue weighted by Gasteiger charge is 2.21. The number of aliphatic imine (C=N–C) groups is 1. The number of hydrogen-bond acceptors (Lipinski definition) is 6. The van der Waals surface area contributed by atoms with Crippen molar-refractivity contribution in [1.82, 2.24) is 14.8 Å². The number of halogens is 1. The van der Waals surface area contributed by atoms with Gasteiger partial charge in [0.25, 0.3) is 0 Å². The number of nitrogens with two attached hydrogens (primary N) is 1. The van der Waals surface area contributed by atoms with E-state index in [1.165, 1.54) is 4.90 Å². The van der Waals surface area contributed by atoms with Crippen LogP contribution < -0.4 is 10.6 Å². The Hall–Kier alpha value is -1.30. The second-order valence-electron chi connectivity index (χ2n) is 6.93. The first-order valence-corrected chi connectivity index (χ1v) is 9.27. The molecule has 2 heterocycles. The molecule has 8 nitrogen and oxygen atoms in total. The van der Waals surface area contributed by atoms with Gasteiger partial charge in [-0.2, -0.15) is 0 Å². The van der Waals surface area contributed by atoms with Gasteiger partial charge in [-0.1, -0.05) is 0 Å². The molecule has 10 heteroatoms. The molecular weight excluding hydrogens is 467 g/mol. The molecule has 0 radical (unpaired) electrons. The van der Waals surface area contributed by atoms with Crippen LogP contribution in [-0.2, 0) is 4.74 Å². The van der Waals surface area contributed by atoms with Gasteiger partial charge in [0, 0.05) is 51.3 Å². The second-order valence-corrected chi connectivity index (χ2v) is 7.80. The molecule has 1 amide bonds. The van der Waals surface area contributed by atoms with E-state index in [0.29, 0.717) is 19.0 Å². The molecule has 1 aromatic heterocycles. The summed E-state index contributed by atoms with van der Waals surface area (Å²) in [6.07, 6.45) is 1.47. The summed E-state index contributed by atoms with van der Waals surface area (Å²) in [6, 6.07) is 0. The van der Waals surface area contributed by atoms with Crippen molar-refractivity contribution >= 4 is 52.5 Å². The Balaban J connectivity index is 0.00000338. The van der Waals surface area contributed by atoms with E-state index < -0.39 is 5.60 Å². The molecule has 0 unspecified atom stereocenters. The molecule has 0 aromatic carbocycles. The lowest BCUT2D eigenvalue weighted by Crippen LogP contribution is -2.51. The summed E-state index contributed by atoms with van der Waals surface area (Å²) in [5.74, 6) is 0.524. The summed E-state index contributed by atoms with van der Waals surface area (Å²) < 4.78 is 5.31. The largest absolute Gasteiger partial charge is 0.444 e. The number of nitrogens with zero attached hydrogens (tertiary/aromatic N) is 5. The van der Waals surface area contributed by atoms with Crippen LogP contribution >= 0.6 is 35.3 Å². The molecule has 1 fully saturated rings. The maximum atomic E-state index is 11.9. The standard InChI is InChI=1S/C16H28N6O2S.HI/c1-16(2,3)24-15(23)20(4)7-5-18-13(17)21-8-10-22(11-9-21)14-19-6-12-25-14;/h6,12H,5,7-11H2,1-4H3,(H2,17,18);1H. The third kappa shape index (κ3) is 7.14. The van der Waals surface area contributed by atoms with Crippen LogP contribution in [-0.4, -0.2) is 78.8 Å². The smallest absolute Gasteiger partial charge is 0.410 e. The molecule has 148 valence electrons. The Morgan fingerprint density at radius 1 is 1.38 bits per heavy atom. The average Bonchev–Trinajstić information content (AvgIpc) is 3.07. The first kappa shape index (κ1) is 22.7. The number of anilines is 1. The number of guanidine groups is 1. The van der Waals surface area contributed by atoms with Crippen LogP contribution in [0.4, 0.5) is 9.93 Å². The molecule has 1 saturated heterocycles. The van der Waals surface area contributed by atoms with E-state index in [2.05, 4.69) is 19.8 Å². The van der Waals surface area contributed by atoms with Crippen LogP contribution in [0.2, 0.25) is 0 Å². The molecule has 1 aromatic rings. The van der Waals surface area contributed by atoms with Gasteiger partial charge in [0.15, 0.2) is 11.1 Å². The Morgan fingerprint density at radius 2 is 2.04 bits per heavy atom. The number of rotatable bonds is 4. The molecule has 0 aliphatic carbocycles. The molecule has 1 aliphatic rings. The van der Waals surface area contributed by atoms with Crippen molar-refractivity contribution in [3.8, 4) is 0 Å². The topological polar surface area (TPSA) is 87.3 Å². The number of carbonyl (C=O) groups is 1. The molecule has 0 spiro atoms. The van der Waals surface area contributed by atoms with Crippen LogP contribution in [0.15, 0.2) is 16.6 Å². The molecule has 26 heavy (non-hydrogen) atoms. The third-order valence-electron chi connectivity index (χ3n) is 3.71. The molecule has 1 aliphatic heterocycles. The lowest BCUT2D eigenvalue weighted by Gasteiger charge is -2.35. The predicted molar refractivity (Wildman–Crippen MR) is 117 cm³/mol. The van der Waals surface area contributed by atoms with Gasteiger partial charge in [-0.3, -0.25) is 4.99 Å². The van der Waals surface area contributed by atoms with Crippen molar-refractivity contribution in [2.24, 2.45) is 10.7 Å². The van der Waals surface area contributed by atoms with Gasteiger partial charge < -0.3 is 25.2 Å². The number of aromatic nitrogens is 1. The molecule has 2 rings (SSSR count). The van der Waals surface area contributed by atoms with E-state index in [-0.39, 0.29) is 30.1 Å². The van der Waals surface area contributed by atoms with Crippen molar-refractivity contribution < 1.29 is 9.53 Å². The van der Waals surface area contributed by atoms with Gasteiger partial charge >= 0.3 is 6.09 Å². The monoisotopic (exact) mass is 496 g/mol. The minimum Gasteiger partial charge on any atom is -0.444 e. The van der Waals surface area contributed by atoms with Gasteiger partial charge in [0.2, 0.25) is 0 Å². The van der Waals surface area contributed by atoms with Gasteiger partial charge in [0.1, 0.15) is 5.60 Å². The van der Waals surface area contributed by atoms with Crippen molar-refractivity contribution in [3.05, 3.63) is 11.6 Å².